The van der Waals surface area contributed by atoms with Crippen LogP contribution in [0.1, 0.15) is 22.3 Å². The molecule has 0 heterocycles. The van der Waals surface area contributed by atoms with Gasteiger partial charge in [0.05, 0.1) is 11.3 Å². The number of hydrogen-bond donors (Lipinski definition) is 1. The molecule has 0 aromatic heterocycles. The number of amides is 1. The molecule has 112 valence electrons. The molecule has 6 heteroatoms. The van der Waals surface area contributed by atoms with Gasteiger partial charge in [-0.1, -0.05) is 18.2 Å². The van der Waals surface area contributed by atoms with Gasteiger partial charge in [-0.2, -0.15) is 0 Å². The molecule has 0 radical (unpaired) electrons. The molecule has 22 heavy (non-hydrogen) atoms. The molecule has 0 aliphatic carbocycles. The second-order valence-corrected chi connectivity index (χ2v) is 4.77. The minimum absolute atomic E-state index is 0.0964. The Bertz CT molecular complexity index is 723. The molecule has 1 N–H and O–H groups in total. The van der Waals surface area contributed by atoms with Crippen molar-refractivity contribution >= 4 is 23.1 Å². The van der Waals surface area contributed by atoms with E-state index in [0.717, 1.165) is 5.56 Å². The molecular weight excluding hydrogens is 284 g/mol. The van der Waals surface area contributed by atoms with Crippen LogP contribution in [0.4, 0.5) is 11.4 Å². The Kier molecular flexibility index (Phi) is 4.63. The number of aryl methyl sites for hydroxylation is 1. The van der Waals surface area contributed by atoms with E-state index in [4.69, 9.17) is 0 Å². The molecule has 2 rings (SSSR count). The van der Waals surface area contributed by atoms with Crippen molar-refractivity contribution in [1.82, 2.24) is 0 Å². The zero-order valence-electron chi connectivity index (χ0n) is 11.9. The lowest BCUT2D eigenvalue weighted by molar-refractivity contribution is -0.384. The lowest BCUT2D eigenvalue weighted by Crippen LogP contribution is -2.17. The van der Waals surface area contributed by atoms with E-state index in [0.29, 0.717) is 5.69 Å². The first-order valence-corrected chi connectivity index (χ1v) is 6.60. The van der Waals surface area contributed by atoms with E-state index in [1.54, 1.807) is 12.1 Å². The van der Waals surface area contributed by atoms with Gasteiger partial charge in [0.15, 0.2) is 5.78 Å². The second kappa shape index (κ2) is 6.62. The molecular formula is C16H14N2O4. The van der Waals surface area contributed by atoms with Crippen LogP contribution in [0.25, 0.3) is 0 Å². The second-order valence-electron chi connectivity index (χ2n) is 4.77. The van der Waals surface area contributed by atoms with E-state index in [1.165, 1.54) is 24.3 Å². The lowest BCUT2D eigenvalue weighted by Gasteiger charge is -2.07. The summed E-state index contributed by atoms with van der Waals surface area (Å²) >= 11 is 0. The fourth-order valence-corrected chi connectivity index (χ4v) is 1.92. The molecule has 0 unspecified atom stereocenters. The molecule has 2 aromatic carbocycles. The molecule has 2 aromatic rings. The van der Waals surface area contributed by atoms with Gasteiger partial charge < -0.3 is 5.32 Å². The van der Waals surface area contributed by atoms with Crippen molar-refractivity contribution in [2.45, 2.75) is 13.3 Å². The van der Waals surface area contributed by atoms with E-state index >= 15 is 0 Å². The van der Waals surface area contributed by atoms with Crippen molar-refractivity contribution in [3.63, 3.8) is 0 Å². The Morgan fingerprint density at radius 3 is 2.32 bits per heavy atom. The Balaban J connectivity index is 2.01. The van der Waals surface area contributed by atoms with Crippen molar-refractivity contribution in [2.24, 2.45) is 0 Å². The summed E-state index contributed by atoms with van der Waals surface area (Å²) < 4.78 is 0. The number of non-ortho nitro benzene ring substituents is 1. The van der Waals surface area contributed by atoms with Gasteiger partial charge in [-0.3, -0.25) is 19.7 Å². The van der Waals surface area contributed by atoms with Crippen LogP contribution in [0.2, 0.25) is 0 Å². The normalized spacial score (nSPS) is 10.0. The highest BCUT2D eigenvalue weighted by Gasteiger charge is 2.14. The van der Waals surface area contributed by atoms with Crippen LogP contribution < -0.4 is 5.32 Å². The van der Waals surface area contributed by atoms with Crippen molar-refractivity contribution in [3.8, 4) is 0 Å². The average Bonchev–Trinajstić information content (AvgIpc) is 2.49. The summed E-state index contributed by atoms with van der Waals surface area (Å²) in [7, 11) is 0. The standard InChI is InChI=1S/C16H14N2O4/c1-11-4-2-3-5-14(11)17-16(20)10-15(19)12-6-8-13(9-7-12)18(21)22/h2-9H,10H2,1H3,(H,17,20). The number of hydrogen-bond acceptors (Lipinski definition) is 4. The number of benzene rings is 2. The summed E-state index contributed by atoms with van der Waals surface area (Å²) in [5, 5.41) is 13.2. The lowest BCUT2D eigenvalue weighted by atomic mass is 10.1. The molecule has 0 fully saturated rings. The molecule has 0 saturated heterocycles. The summed E-state index contributed by atoms with van der Waals surface area (Å²) in [6.07, 6.45) is -0.313. The number of carbonyl (C=O) groups is 2. The first-order chi connectivity index (χ1) is 10.5. The average molecular weight is 298 g/mol. The highest BCUT2D eigenvalue weighted by atomic mass is 16.6. The van der Waals surface area contributed by atoms with Gasteiger partial charge >= 0.3 is 0 Å². The van der Waals surface area contributed by atoms with Gasteiger partial charge in [-0.25, -0.2) is 0 Å². The van der Waals surface area contributed by atoms with Crippen LogP contribution in [-0.4, -0.2) is 16.6 Å². The third-order valence-electron chi connectivity index (χ3n) is 3.14. The number of nitrogens with zero attached hydrogens (tertiary/aromatic N) is 1. The zero-order chi connectivity index (χ0) is 16.1. The summed E-state index contributed by atoms with van der Waals surface area (Å²) in [6, 6.07) is 12.4. The van der Waals surface area contributed by atoms with Crippen LogP contribution in [0.5, 0.6) is 0 Å². The Morgan fingerprint density at radius 2 is 1.73 bits per heavy atom. The van der Waals surface area contributed by atoms with Gasteiger partial charge in [-0.05, 0) is 30.7 Å². The number of carbonyl (C=O) groups excluding carboxylic acids is 2. The SMILES string of the molecule is Cc1ccccc1NC(=O)CC(=O)c1ccc([N+](=O)[O-])cc1. The third kappa shape index (κ3) is 3.76. The van der Waals surface area contributed by atoms with Crippen LogP contribution in [0, 0.1) is 17.0 Å². The zero-order valence-corrected chi connectivity index (χ0v) is 11.9. The first kappa shape index (κ1) is 15.4. The maximum absolute atomic E-state index is 12.0. The predicted molar refractivity (Wildman–Crippen MR) is 81.9 cm³/mol. The molecule has 0 spiro atoms. The smallest absolute Gasteiger partial charge is 0.269 e. The number of Topliss-reactive ketones (excluding diaryl/α,β-unsaturated/α-hetero) is 1. The molecule has 0 atom stereocenters. The summed E-state index contributed by atoms with van der Waals surface area (Å²) in [6.45, 7) is 1.85. The van der Waals surface area contributed by atoms with E-state index in [-0.39, 0.29) is 23.5 Å². The Morgan fingerprint density at radius 1 is 1.09 bits per heavy atom. The van der Waals surface area contributed by atoms with Crippen molar-refractivity contribution in [3.05, 3.63) is 69.8 Å². The predicted octanol–water partition coefficient (Wildman–Crippen LogP) is 3.11. The molecule has 0 aliphatic rings. The fraction of sp³-hybridized carbons (Fsp3) is 0.125. The van der Waals surface area contributed by atoms with Crippen molar-refractivity contribution < 1.29 is 14.5 Å². The summed E-state index contributed by atoms with van der Waals surface area (Å²) in [4.78, 5) is 33.9. The third-order valence-corrected chi connectivity index (χ3v) is 3.14. The number of rotatable bonds is 5. The summed E-state index contributed by atoms with van der Waals surface area (Å²) in [5.41, 5.74) is 1.73. The van der Waals surface area contributed by atoms with Gasteiger partial charge in [0.2, 0.25) is 5.91 Å². The number of anilines is 1. The number of nitro groups is 1. The number of ketones is 1. The quantitative estimate of drug-likeness (QED) is 0.397. The fourth-order valence-electron chi connectivity index (χ4n) is 1.92. The highest BCUT2D eigenvalue weighted by molar-refractivity contribution is 6.11. The summed E-state index contributed by atoms with van der Waals surface area (Å²) in [5.74, 6) is -0.807. The maximum Gasteiger partial charge on any atom is 0.269 e. The van der Waals surface area contributed by atoms with Gasteiger partial charge in [0, 0.05) is 23.4 Å². The minimum atomic E-state index is -0.543. The number of nitro benzene ring substituents is 1. The van der Waals surface area contributed by atoms with Crippen LogP contribution >= 0.6 is 0 Å². The van der Waals surface area contributed by atoms with Gasteiger partial charge in [0.25, 0.3) is 5.69 Å². The molecule has 0 aliphatic heterocycles. The van der Waals surface area contributed by atoms with E-state index < -0.39 is 10.8 Å². The minimum Gasteiger partial charge on any atom is -0.325 e. The van der Waals surface area contributed by atoms with E-state index in [2.05, 4.69) is 5.32 Å². The Labute approximate surface area is 126 Å². The van der Waals surface area contributed by atoms with Crippen molar-refractivity contribution in [2.75, 3.05) is 5.32 Å². The van der Waals surface area contributed by atoms with Gasteiger partial charge in [0.1, 0.15) is 0 Å². The number of nitrogens with one attached hydrogen (secondary N) is 1. The van der Waals surface area contributed by atoms with Gasteiger partial charge in [-0.15, -0.1) is 0 Å². The molecule has 0 saturated carbocycles. The van der Waals surface area contributed by atoms with E-state index in [1.807, 2.05) is 19.1 Å². The molecule has 0 bridgehead atoms. The largest absolute Gasteiger partial charge is 0.325 e. The van der Waals surface area contributed by atoms with Crippen molar-refractivity contribution in [1.29, 1.82) is 0 Å². The van der Waals surface area contributed by atoms with Crippen LogP contribution in [0.15, 0.2) is 48.5 Å². The highest BCUT2D eigenvalue weighted by Crippen LogP contribution is 2.15. The monoisotopic (exact) mass is 298 g/mol. The molecule has 6 nitrogen and oxygen atoms in total. The van der Waals surface area contributed by atoms with Crippen LogP contribution in [-0.2, 0) is 4.79 Å². The maximum atomic E-state index is 12.0. The van der Waals surface area contributed by atoms with E-state index in [9.17, 15) is 19.7 Å². The Hall–Kier alpha value is -3.02. The van der Waals surface area contributed by atoms with Crippen LogP contribution in [0.3, 0.4) is 0 Å². The first-order valence-electron chi connectivity index (χ1n) is 6.60. The molecule has 1 amide bonds. The topological polar surface area (TPSA) is 89.3 Å². The number of para-hydroxylation sites is 1.